The number of para-hydroxylation sites is 2. The average Bonchev–Trinajstić information content (AvgIpc) is 2.65. The van der Waals surface area contributed by atoms with E-state index in [1.165, 1.54) is 11.1 Å². The predicted molar refractivity (Wildman–Crippen MR) is 121 cm³/mol. The van der Waals surface area contributed by atoms with E-state index in [9.17, 15) is 0 Å². The van der Waals surface area contributed by atoms with Gasteiger partial charge in [0.25, 0.3) is 0 Å². The highest BCUT2D eigenvalue weighted by molar-refractivity contribution is 14.0. The average molecular weight is 481 g/mol. The lowest BCUT2D eigenvalue weighted by molar-refractivity contribution is 0.213. The summed E-state index contributed by atoms with van der Waals surface area (Å²) < 4.78 is 11.3. The van der Waals surface area contributed by atoms with Gasteiger partial charge in [0.2, 0.25) is 0 Å². The van der Waals surface area contributed by atoms with Crippen LogP contribution in [0, 0.1) is 0 Å². The molecule has 6 heteroatoms. The number of ether oxygens (including phenoxy) is 2. The fourth-order valence-corrected chi connectivity index (χ4v) is 3.20. The lowest BCUT2D eigenvalue weighted by atomic mass is 9.78. The maximum absolute atomic E-state index is 5.97. The maximum Gasteiger partial charge on any atom is 0.191 e. The van der Waals surface area contributed by atoms with Crippen molar-refractivity contribution in [3.63, 3.8) is 0 Å². The van der Waals surface area contributed by atoms with Gasteiger partial charge in [-0.25, -0.2) is 0 Å². The van der Waals surface area contributed by atoms with Crippen LogP contribution in [-0.2, 0) is 6.42 Å². The number of guanidine groups is 1. The summed E-state index contributed by atoms with van der Waals surface area (Å²) in [6.07, 6.45) is 1.11. The zero-order valence-electron chi connectivity index (χ0n) is 16.1. The molecule has 2 aromatic rings. The SMILES string of the molecule is CN=C(NCC(C)Oc1ccccc1OC)NCC1Cc2ccccc21.I. The van der Waals surface area contributed by atoms with Gasteiger partial charge in [-0.15, -0.1) is 24.0 Å². The van der Waals surface area contributed by atoms with Crippen LogP contribution in [0.1, 0.15) is 24.0 Å². The fourth-order valence-electron chi connectivity index (χ4n) is 3.20. The molecule has 2 aromatic carbocycles. The van der Waals surface area contributed by atoms with Gasteiger partial charge in [-0.2, -0.15) is 0 Å². The standard InChI is InChI=1S/C21H27N3O2.HI/c1-15(26-20-11-7-6-10-19(20)25-3)13-23-21(22-2)24-14-17-12-16-8-4-5-9-18(16)17;/h4-11,15,17H,12-14H2,1-3H3,(H2,22,23,24);1H. The van der Waals surface area contributed by atoms with Gasteiger partial charge in [-0.1, -0.05) is 36.4 Å². The highest BCUT2D eigenvalue weighted by Gasteiger charge is 2.25. The van der Waals surface area contributed by atoms with E-state index in [1.807, 2.05) is 31.2 Å². The Morgan fingerprint density at radius 1 is 1.11 bits per heavy atom. The Morgan fingerprint density at radius 3 is 2.52 bits per heavy atom. The number of hydrogen-bond acceptors (Lipinski definition) is 3. The molecule has 0 saturated carbocycles. The summed E-state index contributed by atoms with van der Waals surface area (Å²) in [7, 11) is 3.44. The molecule has 2 atom stereocenters. The monoisotopic (exact) mass is 481 g/mol. The summed E-state index contributed by atoms with van der Waals surface area (Å²) in [4.78, 5) is 4.30. The number of hydrogen-bond donors (Lipinski definition) is 2. The molecule has 146 valence electrons. The van der Waals surface area contributed by atoms with Gasteiger partial charge < -0.3 is 20.1 Å². The molecule has 1 aliphatic rings. The smallest absolute Gasteiger partial charge is 0.191 e. The summed E-state index contributed by atoms with van der Waals surface area (Å²) in [6.45, 7) is 3.56. The van der Waals surface area contributed by atoms with Crippen LogP contribution < -0.4 is 20.1 Å². The van der Waals surface area contributed by atoms with Crippen LogP contribution in [0.5, 0.6) is 11.5 Å². The quantitative estimate of drug-likeness (QED) is 0.361. The zero-order chi connectivity index (χ0) is 18.4. The van der Waals surface area contributed by atoms with Crippen LogP contribution in [-0.4, -0.2) is 39.3 Å². The molecule has 0 radical (unpaired) electrons. The first-order valence-electron chi connectivity index (χ1n) is 9.03. The first kappa shape index (κ1) is 21.3. The van der Waals surface area contributed by atoms with E-state index < -0.39 is 0 Å². The zero-order valence-corrected chi connectivity index (χ0v) is 18.4. The van der Waals surface area contributed by atoms with Crippen LogP contribution in [0.25, 0.3) is 0 Å². The number of benzene rings is 2. The molecule has 3 rings (SSSR count). The Hall–Kier alpha value is -1.96. The highest BCUT2D eigenvalue weighted by Crippen LogP contribution is 2.33. The fraction of sp³-hybridized carbons (Fsp3) is 0.381. The largest absolute Gasteiger partial charge is 0.493 e. The van der Waals surface area contributed by atoms with E-state index in [-0.39, 0.29) is 30.1 Å². The Kier molecular flexibility index (Phi) is 8.22. The van der Waals surface area contributed by atoms with Crippen molar-refractivity contribution < 1.29 is 9.47 Å². The molecule has 2 N–H and O–H groups in total. The van der Waals surface area contributed by atoms with E-state index in [2.05, 4.69) is 39.9 Å². The second-order valence-electron chi connectivity index (χ2n) is 6.51. The number of nitrogens with zero attached hydrogens (tertiary/aromatic N) is 1. The molecule has 0 amide bonds. The van der Waals surface area contributed by atoms with Crippen molar-refractivity contribution in [2.75, 3.05) is 27.2 Å². The van der Waals surface area contributed by atoms with Crippen LogP contribution >= 0.6 is 24.0 Å². The van der Waals surface area contributed by atoms with E-state index in [4.69, 9.17) is 9.47 Å². The van der Waals surface area contributed by atoms with E-state index in [0.717, 1.165) is 30.4 Å². The van der Waals surface area contributed by atoms with Crippen LogP contribution in [0.2, 0.25) is 0 Å². The Morgan fingerprint density at radius 2 is 1.81 bits per heavy atom. The van der Waals surface area contributed by atoms with Gasteiger partial charge >= 0.3 is 0 Å². The summed E-state index contributed by atoms with van der Waals surface area (Å²) in [5, 5.41) is 6.74. The second-order valence-corrected chi connectivity index (χ2v) is 6.51. The van der Waals surface area contributed by atoms with E-state index >= 15 is 0 Å². The minimum Gasteiger partial charge on any atom is -0.493 e. The molecule has 27 heavy (non-hydrogen) atoms. The number of fused-ring (bicyclic) bond motifs is 1. The first-order chi connectivity index (χ1) is 12.7. The van der Waals surface area contributed by atoms with Crippen molar-refractivity contribution in [3.05, 3.63) is 59.7 Å². The number of nitrogens with one attached hydrogen (secondary N) is 2. The van der Waals surface area contributed by atoms with Crippen LogP contribution in [0.3, 0.4) is 0 Å². The normalized spacial score (nSPS) is 16.3. The topological polar surface area (TPSA) is 54.9 Å². The Balaban J connectivity index is 0.00000261. The first-order valence-corrected chi connectivity index (χ1v) is 9.03. The molecule has 5 nitrogen and oxygen atoms in total. The van der Waals surface area contributed by atoms with E-state index in [0.29, 0.717) is 12.5 Å². The van der Waals surface area contributed by atoms with Crippen molar-refractivity contribution in [1.82, 2.24) is 10.6 Å². The minimum absolute atomic E-state index is 0. The van der Waals surface area contributed by atoms with Crippen LogP contribution in [0.15, 0.2) is 53.5 Å². The molecule has 2 unspecified atom stereocenters. The highest BCUT2D eigenvalue weighted by atomic mass is 127. The number of rotatable bonds is 7. The minimum atomic E-state index is -0.0192. The van der Waals surface area contributed by atoms with Gasteiger partial charge in [0, 0.05) is 19.5 Å². The van der Waals surface area contributed by atoms with Gasteiger partial charge in [-0.3, -0.25) is 4.99 Å². The molecule has 0 heterocycles. The molecule has 0 fully saturated rings. The van der Waals surface area contributed by atoms with Crippen molar-refractivity contribution >= 4 is 29.9 Å². The maximum atomic E-state index is 5.97. The molecule has 0 aromatic heterocycles. The van der Waals surface area contributed by atoms with Crippen molar-refractivity contribution in [1.29, 1.82) is 0 Å². The lowest BCUT2D eigenvalue weighted by Crippen LogP contribution is -2.44. The summed E-state index contributed by atoms with van der Waals surface area (Å²) in [5.74, 6) is 2.85. The molecular weight excluding hydrogens is 453 g/mol. The summed E-state index contributed by atoms with van der Waals surface area (Å²) in [5.41, 5.74) is 2.91. The molecular formula is C21H28IN3O2. The molecule has 0 saturated heterocycles. The third-order valence-electron chi connectivity index (χ3n) is 4.65. The van der Waals surface area contributed by atoms with Crippen LogP contribution in [0.4, 0.5) is 0 Å². The molecule has 0 bridgehead atoms. The molecule has 1 aliphatic carbocycles. The molecule has 0 aliphatic heterocycles. The van der Waals surface area contributed by atoms with Crippen molar-refractivity contribution in [2.45, 2.75) is 25.4 Å². The summed E-state index contributed by atoms with van der Waals surface area (Å²) >= 11 is 0. The lowest BCUT2D eigenvalue weighted by Gasteiger charge is -2.30. The third-order valence-corrected chi connectivity index (χ3v) is 4.65. The summed E-state index contributed by atoms with van der Waals surface area (Å²) in [6, 6.07) is 16.3. The van der Waals surface area contributed by atoms with Crippen molar-refractivity contribution in [2.24, 2.45) is 4.99 Å². The number of halogens is 1. The molecule has 0 spiro atoms. The van der Waals surface area contributed by atoms with Crippen molar-refractivity contribution in [3.8, 4) is 11.5 Å². The Bertz CT molecular complexity index is 767. The van der Waals surface area contributed by atoms with Gasteiger partial charge in [0.15, 0.2) is 17.5 Å². The Labute approximate surface area is 178 Å². The van der Waals surface area contributed by atoms with Gasteiger partial charge in [0.05, 0.1) is 13.7 Å². The van der Waals surface area contributed by atoms with E-state index in [1.54, 1.807) is 14.2 Å². The number of aliphatic imine (C=N–C) groups is 1. The predicted octanol–water partition coefficient (Wildman–Crippen LogP) is 3.59. The van der Waals surface area contributed by atoms with Gasteiger partial charge in [-0.05, 0) is 36.6 Å². The third kappa shape index (κ3) is 5.51. The second kappa shape index (κ2) is 10.4. The van der Waals surface area contributed by atoms with Gasteiger partial charge in [0.1, 0.15) is 6.10 Å². The number of methoxy groups -OCH3 is 1.